The number of benzene rings is 1. The Labute approximate surface area is 155 Å². The summed E-state index contributed by atoms with van der Waals surface area (Å²) in [5.41, 5.74) is -1.19. The molecule has 0 bridgehead atoms. The molecular weight excluding hydrogens is 365 g/mol. The van der Waals surface area contributed by atoms with Crippen molar-refractivity contribution < 1.29 is 32.7 Å². The van der Waals surface area contributed by atoms with Crippen LogP contribution in [-0.4, -0.2) is 35.0 Å². The Hall–Kier alpha value is -2.58. The highest BCUT2D eigenvalue weighted by Crippen LogP contribution is 2.32. The Balaban J connectivity index is 3.02. The number of carbonyl (C=O) groups is 3. The van der Waals surface area contributed by atoms with Gasteiger partial charge in [0, 0.05) is 13.3 Å². The van der Waals surface area contributed by atoms with Crippen LogP contribution in [0.2, 0.25) is 0 Å². The third kappa shape index (κ3) is 7.28. The molecule has 0 heterocycles. The second-order valence-electron chi connectivity index (χ2n) is 6.64. The summed E-state index contributed by atoms with van der Waals surface area (Å²) in [7, 11) is 0. The van der Waals surface area contributed by atoms with Gasteiger partial charge >= 0.3 is 12.1 Å². The first kappa shape index (κ1) is 22.5. The van der Waals surface area contributed by atoms with Gasteiger partial charge in [-0.25, -0.2) is 4.79 Å². The second-order valence-corrected chi connectivity index (χ2v) is 6.64. The summed E-state index contributed by atoms with van der Waals surface area (Å²) in [5, 5.41) is 14.0. The van der Waals surface area contributed by atoms with Crippen molar-refractivity contribution in [3.63, 3.8) is 0 Å². The summed E-state index contributed by atoms with van der Waals surface area (Å²) >= 11 is 0. The molecule has 9 heteroatoms. The fourth-order valence-electron chi connectivity index (χ4n) is 2.62. The van der Waals surface area contributed by atoms with Gasteiger partial charge in [-0.1, -0.05) is 32.0 Å². The lowest BCUT2D eigenvalue weighted by atomic mass is 9.98. The highest BCUT2D eigenvalue weighted by molar-refractivity contribution is 5.90. The molecule has 150 valence electrons. The molecule has 2 atom stereocenters. The fourth-order valence-corrected chi connectivity index (χ4v) is 2.62. The smallest absolute Gasteiger partial charge is 0.416 e. The summed E-state index contributed by atoms with van der Waals surface area (Å²) in [6, 6.07) is 2.06. The number of amides is 2. The monoisotopic (exact) mass is 388 g/mol. The number of hydrogen-bond donors (Lipinski definition) is 3. The molecule has 0 saturated heterocycles. The number of nitrogens with one attached hydrogen (secondary N) is 2. The number of carbonyl (C=O) groups excluding carboxylic acids is 2. The van der Waals surface area contributed by atoms with E-state index in [-0.39, 0.29) is 17.9 Å². The second kappa shape index (κ2) is 9.38. The number of carboxylic acid groups (broad SMARTS) is 1. The molecule has 2 amide bonds. The zero-order valence-corrected chi connectivity index (χ0v) is 15.3. The van der Waals surface area contributed by atoms with E-state index in [1.54, 1.807) is 0 Å². The van der Waals surface area contributed by atoms with Crippen molar-refractivity contribution in [2.45, 2.75) is 51.9 Å². The first-order valence-electron chi connectivity index (χ1n) is 8.37. The van der Waals surface area contributed by atoms with Crippen LogP contribution >= 0.6 is 0 Å². The van der Waals surface area contributed by atoms with Crippen LogP contribution in [0.3, 0.4) is 0 Å². The van der Waals surface area contributed by atoms with Crippen molar-refractivity contribution in [1.29, 1.82) is 0 Å². The van der Waals surface area contributed by atoms with Crippen molar-refractivity contribution in [1.82, 2.24) is 10.6 Å². The van der Waals surface area contributed by atoms with Crippen LogP contribution in [0.5, 0.6) is 0 Å². The maximum absolute atomic E-state index is 13.1. The van der Waals surface area contributed by atoms with E-state index < -0.39 is 48.0 Å². The molecule has 1 aromatic rings. The maximum Gasteiger partial charge on any atom is 0.416 e. The third-order valence-corrected chi connectivity index (χ3v) is 3.76. The SMILES string of the molecule is CC(=O)N[C@@H](CC(C)C)C(=O)N[C@H](Cc1ccccc1C(F)(F)F)C(=O)O. The van der Waals surface area contributed by atoms with E-state index in [2.05, 4.69) is 10.6 Å². The molecule has 0 aliphatic heterocycles. The lowest BCUT2D eigenvalue weighted by Crippen LogP contribution is -2.52. The molecular formula is C18H23F3N2O4. The Morgan fingerprint density at radius 2 is 1.67 bits per heavy atom. The summed E-state index contributed by atoms with van der Waals surface area (Å²) in [5.74, 6) is -2.66. The van der Waals surface area contributed by atoms with Gasteiger partial charge in [0.05, 0.1) is 5.56 Å². The Bertz CT molecular complexity index is 689. The zero-order chi connectivity index (χ0) is 20.8. The van der Waals surface area contributed by atoms with Gasteiger partial charge in [-0.15, -0.1) is 0 Å². The van der Waals surface area contributed by atoms with E-state index in [4.69, 9.17) is 0 Å². The number of carboxylic acids is 1. The molecule has 0 aliphatic rings. The van der Waals surface area contributed by atoms with Gasteiger partial charge in [0.2, 0.25) is 11.8 Å². The number of halogens is 3. The van der Waals surface area contributed by atoms with Crippen LogP contribution in [0, 0.1) is 5.92 Å². The lowest BCUT2D eigenvalue weighted by molar-refractivity contribution is -0.143. The molecule has 0 aromatic heterocycles. The molecule has 6 nitrogen and oxygen atoms in total. The van der Waals surface area contributed by atoms with Crippen molar-refractivity contribution in [2.75, 3.05) is 0 Å². The number of aliphatic carboxylic acids is 1. The van der Waals surface area contributed by atoms with Crippen molar-refractivity contribution >= 4 is 17.8 Å². The average molecular weight is 388 g/mol. The van der Waals surface area contributed by atoms with Crippen LogP contribution < -0.4 is 10.6 Å². The van der Waals surface area contributed by atoms with Gasteiger partial charge in [0.25, 0.3) is 0 Å². The largest absolute Gasteiger partial charge is 0.480 e. The van der Waals surface area contributed by atoms with E-state index in [0.29, 0.717) is 0 Å². The molecule has 0 spiro atoms. The first-order valence-corrected chi connectivity index (χ1v) is 8.37. The number of rotatable bonds is 8. The standard InChI is InChI=1S/C18H23F3N2O4/c1-10(2)8-14(22-11(3)24)16(25)23-15(17(26)27)9-12-6-4-5-7-13(12)18(19,20)21/h4-7,10,14-15H,8-9H2,1-3H3,(H,22,24)(H,23,25)(H,26,27)/t14-,15+/m0/s1. The normalized spacial score (nSPS) is 13.7. The minimum Gasteiger partial charge on any atom is -0.480 e. The predicted octanol–water partition coefficient (Wildman–Crippen LogP) is 2.37. The van der Waals surface area contributed by atoms with Crippen LogP contribution in [0.1, 0.15) is 38.3 Å². The third-order valence-electron chi connectivity index (χ3n) is 3.76. The van der Waals surface area contributed by atoms with E-state index in [9.17, 15) is 32.7 Å². The van der Waals surface area contributed by atoms with Gasteiger partial charge in [-0.05, 0) is 24.0 Å². The van der Waals surface area contributed by atoms with Crippen molar-refractivity contribution in [3.8, 4) is 0 Å². The highest BCUT2D eigenvalue weighted by atomic mass is 19.4. The van der Waals surface area contributed by atoms with Gasteiger partial charge in [-0.2, -0.15) is 13.2 Å². The summed E-state index contributed by atoms with van der Waals surface area (Å²) in [6.07, 6.45) is -4.91. The van der Waals surface area contributed by atoms with Gasteiger partial charge in [0.15, 0.2) is 0 Å². The quantitative estimate of drug-likeness (QED) is 0.637. The molecule has 0 radical (unpaired) electrons. The average Bonchev–Trinajstić information content (AvgIpc) is 2.52. The molecule has 27 heavy (non-hydrogen) atoms. The summed E-state index contributed by atoms with van der Waals surface area (Å²) in [4.78, 5) is 35.1. The Morgan fingerprint density at radius 3 is 2.15 bits per heavy atom. The zero-order valence-electron chi connectivity index (χ0n) is 15.3. The van der Waals surface area contributed by atoms with E-state index >= 15 is 0 Å². The molecule has 0 saturated carbocycles. The van der Waals surface area contributed by atoms with Crippen LogP contribution in [0.4, 0.5) is 13.2 Å². The van der Waals surface area contributed by atoms with Crippen molar-refractivity contribution in [3.05, 3.63) is 35.4 Å². The van der Waals surface area contributed by atoms with Gasteiger partial charge in [-0.3, -0.25) is 9.59 Å². The molecule has 3 N–H and O–H groups in total. The molecule has 0 unspecified atom stereocenters. The minimum atomic E-state index is -4.64. The van der Waals surface area contributed by atoms with Crippen LogP contribution in [0.25, 0.3) is 0 Å². The summed E-state index contributed by atoms with van der Waals surface area (Å²) < 4.78 is 39.3. The number of alkyl halides is 3. The van der Waals surface area contributed by atoms with Crippen LogP contribution in [-0.2, 0) is 27.0 Å². The van der Waals surface area contributed by atoms with Gasteiger partial charge < -0.3 is 15.7 Å². The predicted molar refractivity (Wildman–Crippen MR) is 91.8 cm³/mol. The number of hydrogen-bond acceptors (Lipinski definition) is 3. The highest BCUT2D eigenvalue weighted by Gasteiger charge is 2.35. The van der Waals surface area contributed by atoms with E-state index in [1.165, 1.54) is 25.1 Å². The molecule has 0 fully saturated rings. The Kier molecular flexibility index (Phi) is 7.81. The van der Waals surface area contributed by atoms with Gasteiger partial charge in [0.1, 0.15) is 12.1 Å². The van der Waals surface area contributed by atoms with E-state index in [1.807, 2.05) is 13.8 Å². The minimum absolute atomic E-state index is 0.0295. The van der Waals surface area contributed by atoms with Crippen molar-refractivity contribution in [2.24, 2.45) is 5.92 Å². The summed E-state index contributed by atoms with van der Waals surface area (Å²) in [6.45, 7) is 4.85. The van der Waals surface area contributed by atoms with E-state index in [0.717, 1.165) is 6.07 Å². The molecule has 1 aromatic carbocycles. The topological polar surface area (TPSA) is 95.5 Å². The van der Waals surface area contributed by atoms with Crippen LogP contribution in [0.15, 0.2) is 24.3 Å². The Morgan fingerprint density at radius 1 is 1.07 bits per heavy atom. The molecule has 0 aliphatic carbocycles. The fraction of sp³-hybridized carbons (Fsp3) is 0.500. The maximum atomic E-state index is 13.1. The molecule has 1 rings (SSSR count). The first-order chi connectivity index (χ1) is 12.4. The lowest BCUT2D eigenvalue weighted by Gasteiger charge is -2.23.